The minimum absolute atomic E-state index is 0.0257. The third-order valence-electron chi connectivity index (χ3n) is 3.58. The molecular weight excluding hydrogens is 362 g/mol. The van der Waals surface area contributed by atoms with Gasteiger partial charge < -0.3 is 10.1 Å². The number of amides is 1. The standard InChI is InChI=1S/C17H16ClN3O5/c1-3-14(26-17(23)12-5-4-8-19-15(12)18)16(22)20-13-9-11(21(24)25)7-6-10(13)2/h4-9,14H,3H2,1-2H3,(H,20,22). The van der Waals surface area contributed by atoms with E-state index in [-0.39, 0.29) is 28.5 Å². The molecule has 1 aromatic heterocycles. The molecule has 0 radical (unpaired) electrons. The van der Waals surface area contributed by atoms with Crippen molar-refractivity contribution in [3.8, 4) is 0 Å². The molecule has 0 spiro atoms. The van der Waals surface area contributed by atoms with E-state index >= 15 is 0 Å². The Morgan fingerprint density at radius 2 is 2.12 bits per heavy atom. The molecule has 0 aliphatic rings. The van der Waals surface area contributed by atoms with E-state index in [1.807, 2.05) is 0 Å². The summed E-state index contributed by atoms with van der Waals surface area (Å²) in [5.74, 6) is -1.37. The third kappa shape index (κ3) is 4.54. The number of hydrogen-bond acceptors (Lipinski definition) is 6. The van der Waals surface area contributed by atoms with E-state index < -0.39 is 22.9 Å². The van der Waals surface area contributed by atoms with Gasteiger partial charge in [0.15, 0.2) is 6.10 Å². The molecule has 0 aliphatic heterocycles. The van der Waals surface area contributed by atoms with Crippen LogP contribution in [0.3, 0.4) is 0 Å². The molecule has 1 amide bonds. The number of hydrogen-bond donors (Lipinski definition) is 1. The third-order valence-corrected chi connectivity index (χ3v) is 3.88. The number of halogens is 1. The van der Waals surface area contributed by atoms with Gasteiger partial charge in [-0.2, -0.15) is 0 Å². The first kappa shape index (κ1) is 19.3. The van der Waals surface area contributed by atoms with E-state index in [1.54, 1.807) is 13.8 Å². The number of aromatic nitrogens is 1. The van der Waals surface area contributed by atoms with Gasteiger partial charge in [-0.25, -0.2) is 9.78 Å². The van der Waals surface area contributed by atoms with Crippen molar-refractivity contribution in [3.05, 3.63) is 62.9 Å². The molecule has 9 heteroatoms. The molecule has 0 saturated heterocycles. The first-order valence-corrected chi connectivity index (χ1v) is 8.08. The summed E-state index contributed by atoms with van der Waals surface area (Å²) in [5, 5.41) is 13.4. The fourth-order valence-electron chi connectivity index (χ4n) is 2.12. The second-order valence-electron chi connectivity index (χ2n) is 5.39. The summed E-state index contributed by atoms with van der Waals surface area (Å²) in [6.07, 6.45) is 0.551. The number of aryl methyl sites for hydroxylation is 1. The van der Waals surface area contributed by atoms with Crippen LogP contribution in [0.1, 0.15) is 29.3 Å². The number of nitro groups is 1. The van der Waals surface area contributed by atoms with Crippen molar-refractivity contribution in [3.63, 3.8) is 0 Å². The van der Waals surface area contributed by atoms with Crippen LogP contribution < -0.4 is 5.32 Å². The van der Waals surface area contributed by atoms with Crippen molar-refractivity contribution in [1.29, 1.82) is 0 Å². The van der Waals surface area contributed by atoms with Crippen molar-refractivity contribution in [2.24, 2.45) is 0 Å². The van der Waals surface area contributed by atoms with Crippen molar-refractivity contribution < 1.29 is 19.2 Å². The normalized spacial score (nSPS) is 11.5. The van der Waals surface area contributed by atoms with E-state index in [9.17, 15) is 19.7 Å². The van der Waals surface area contributed by atoms with Crippen LogP contribution in [-0.2, 0) is 9.53 Å². The lowest BCUT2D eigenvalue weighted by Gasteiger charge is -2.17. The van der Waals surface area contributed by atoms with Gasteiger partial charge in [-0.3, -0.25) is 14.9 Å². The summed E-state index contributed by atoms with van der Waals surface area (Å²) in [7, 11) is 0. The Bertz CT molecular complexity index is 856. The number of nitrogens with zero attached hydrogens (tertiary/aromatic N) is 2. The molecular formula is C17H16ClN3O5. The molecule has 0 saturated carbocycles. The summed E-state index contributed by atoms with van der Waals surface area (Å²) in [4.78, 5) is 38.7. The minimum atomic E-state index is -1.09. The maximum Gasteiger partial charge on any atom is 0.342 e. The number of carbonyl (C=O) groups excluding carboxylic acids is 2. The predicted octanol–water partition coefficient (Wildman–Crippen LogP) is 3.53. The predicted molar refractivity (Wildman–Crippen MR) is 95.2 cm³/mol. The van der Waals surface area contributed by atoms with Crippen LogP contribution in [0.5, 0.6) is 0 Å². The van der Waals surface area contributed by atoms with Gasteiger partial charge in [-0.05, 0) is 31.0 Å². The highest BCUT2D eigenvalue weighted by Gasteiger charge is 2.24. The van der Waals surface area contributed by atoms with Gasteiger partial charge in [0, 0.05) is 18.3 Å². The number of carbonyl (C=O) groups is 2. The SMILES string of the molecule is CCC(OC(=O)c1cccnc1Cl)C(=O)Nc1cc([N+](=O)[O-])ccc1C. The average molecular weight is 378 g/mol. The van der Waals surface area contributed by atoms with Gasteiger partial charge in [0.2, 0.25) is 0 Å². The topological polar surface area (TPSA) is 111 Å². The molecule has 0 aliphatic carbocycles. The molecule has 8 nitrogen and oxygen atoms in total. The average Bonchev–Trinajstić information content (AvgIpc) is 2.61. The van der Waals surface area contributed by atoms with E-state index in [2.05, 4.69) is 10.3 Å². The lowest BCUT2D eigenvalue weighted by Crippen LogP contribution is -2.32. The van der Waals surface area contributed by atoms with Gasteiger partial charge in [0.1, 0.15) is 5.15 Å². The van der Waals surface area contributed by atoms with E-state index in [0.717, 1.165) is 0 Å². The Morgan fingerprint density at radius 1 is 1.38 bits per heavy atom. The van der Waals surface area contributed by atoms with Crippen LogP contribution in [0, 0.1) is 17.0 Å². The number of benzene rings is 1. The second-order valence-corrected chi connectivity index (χ2v) is 5.75. The highest BCUT2D eigenvalue weighted by Crippen LogP contribution is 2.22. The van der Waals surface area contributed by atoms with E-state index in [4.69, 9.17) is 16.3 Å². The number of rotatable bonds is 6. The van der Waals surface area contributed by atoms with Gasteiger partial charge in [0.05, 0.1) is 16.2 Å². The first-order valence-electron chi connectivity index (χ1n) is 7.71. The minimum Gasteiger partial charge on any atom is -0.449 e. The van der Waals surface area contributed by atoms with Crippen LogP contribution in [0.15, 0.2) is 36.5 Å². The number of non-ortho nitro benzene ring substituents is 1. The van der Waals surface area contributed by atoms with Gasteiger partial charge in [0.25, 0.3) is 11.6 Å². The largest absolute Gasteiger partial charge is 0.449 e. The van der Waals surface area contributed by atoms with Crippen LogP contribution in [0.25, 0.3) is 0 Å². The van der Waals surface area contributed by atoms with Crippen molar-refractivity contribution >= 4 is 34.9 Å². The van der Waals surface area contributed by atoms with Gasteiger partial charge in [-0.1, -0.05) is 24.6 Å². The lowest BCUT2D eigenvalue weighted by atomic mass is 10.1. The monoisotopic (exact) mass is 377 g/mol. The maximum atomic E-state index is 12.4. The Balaban J connectivity index is 2.14. The molecule has 0 bridgehead atoms. The summed E-state index contributed by atoms with van der Waals surface area (Å²) >= 11 is 5.85. The molecule has 1 unspecified atom stereocenters. The van der Waals surface area contributed by atoms with Crippen molar-refractivity contribution in [2.45, 2.75) is 26.4 Å². The zero-order valence-corrected chi connectivity index (χ0v) is 14.8. The van der Waals surface area contributed by atoms with Gasteiger partial charge >= 0.3 is 5.97 Å². The van der Waals surface area contributed by atoms with Crippen LogP contribution >= 0.6 is 11.6 Å². The number of nitrogens with one attached hydrogen (secondary N) is 1. The Kier molecular flexibility index (Phi) is 6.24. The fourth-order valence-corrected chi connectivity index (χ4v) is 2.32. The summed E-state index contributed by atoms with van der Waals surface area (Å²) < 4.78 is 5.21. The Labute approximate surface area is 154 Å². The number of anilines is 1. The smallest absolute Gasteiger partial charge is 0.342 e. The van der Waals surface area contributed by atoms with E-state index in [1.165, 1.54) is 36.5 Å². The number of pyridine rings is 1. The molecule has 136 valence electrons. The molecule has 1 N–H and O–H groups in total. The fraction of sp³-hybridized carbons (Fsp3) is 0.235. The van der Waals surface area contributed by atoms with Crippen molar-refractivity contribution in [1.82, 2.24) is 4.98 Å². The molecule has 1 heterocycles. The molecule has 0 fully saturated rings. The second kappa shape index (κ2) is 8.39. The highest BCUT2D eigenvalue weighted by molar-refractivity contribution is 6.32. The number of ether oxygens (including phenoxy) is 1. The molecule has 2 rings (SSSR count). The highest BCUT2D eigenvalue weighted by atomic mass is 35.5. The quantitative estimate of drug-likeness (QED) is 0.356. The summed E-state index contributed by atoms with van der Waals surface area (Å²) in [5.41, 5.74) is 0.809. The number of nitro benzene ring substituents is 1. The molecule has 1 aromatic carbocycles. The zero-order valence-electron chi connectivity index (χ0n) is 14.1. The van der Waals surface area contributed by atoms with Crippen molar-refractivity contribution in [2.75, 3.05) is 5.32 Å². The first-order chi connectivity index (χ1) is 12.3. The summed E-state index contributed by atoms with van der Waals surface area (Å²) in [6.45, 7) is 3.37. The van der Waals surface area contributed by atoms with Crippen LogP contribution in [-0.4, -0.2) is 27.9 Å². The lowest BCUT2D eigenvalue weighted by molar-refractivity contribution is -0.384. The zero-order chi connectivity index (χ0) is 19.3. The maximum absolute atomic E-state index is 12.4. The molecule has 2 aromatic rings. The van der Waals surface area contributed by atoms with E-state index in [0.29, 0.717) is 5.56 Å². The molecule has 26 heavy (non-hydrogen) atoms. The number of esters is 1. The Morgan fingerprint density at radius 3 is 2.73 bits per heavy atom. The van der Waals surface area contributed by atoms with Crippen LogP contribution in [0.4, 0.5) is 11.4 Å². The summed E-state index contributed by atoms with van der Waals surface area (Å²) in [6, 6.07) is 7.07. The van der Waals surface area contributed by atoms with Crippen LogP contribution in [0.2, 0.25) is 5.15 Å². The Hall–Kier alpha value is -3.00. The van der Waals surface area contributed by atoms with Gasteiger partial charge in [-0.15, -0.1) is 0 Å². The molecule has 1 atom stereocenters.